The van der Waals surface area contributed by atoms with Crippen molar-refractivity contribution < 1.29 is 38.1 Å². The number of halogens is 2. The summed E-state index contributed by atoms with van der Waals surface area (Å²) >= 11 is 1.55. The van der Waals surface area contributed by atoms with Crippen LogP contribution in [0.15, 0.2) is 34.9 Å². The fourth-order valence-electron chi connectivity index (χ4n) is 6.14. The van der Waals surface area contributed by atoms with Crippen LogP contribution in [-0.4, -0.2) is 75.8 Å². The van der Waals surface area contributed by atoms with Gasteiger partial charge < -0.3 is 24.2 Å². The van der Waals surface area contributed by atoms with Gasteiger partial charge >= 0.3 is 12.1 Å². The van der Waals surface area contributed by atoms with Crippen molar-refractivity contribution in [3.8, 4) is 0 Å². The monoisotopic (exact) mass is 612 g/mol. The van der Waals surface area contributed by atoms with Gasteiger partial charge in [0.25, 0.3) is 0 Å². The Morgan fingerprint density at radius 1 is 1.10 bits per heavy atom. The predicted molar refractivity (Wildman–Crippen MR) is 152 cm³/mol. The third-order valence-corrected chi connectivity index (χ3v) is 9.64. The molecule has 226 valence electrons. The Labute approximate surface area is 250 Å². The SMILES string of the molecule is CC(OC(=O)OC1CCCCC1)OC(=O)C1=C(SC2CN(Cc3ccc(F)cc3)C2)[C@H](C)[C@@H]2[C@@H]([C@@H](C)O)C(=O)N12.Cl. The highest BCUT2D eigenvalue weighted by atomic mass is 35.5. The first-order chi connectivity index (χ1) is 19.1. The lowest BCUT2D eigenvalue weighted by molar-refractivity contribution is -0.174. The first-order valence-electron chi connectivity index (χ1n) is 14.1. The zero-order valence-electron chi connectivity index (χ0n) is 23.5. The second kappa shape index (κ2) is 13.3. The van der Waals surface area contributed by atoms with Crippen LogP contribution in [0, 0.1) is 17.7 Å². The minimum atomic E-state index is -1.20. The predicted octanol–water partition coefficient (Wildman–Crippen LogP) is 4.61. The summed E-state index contributed by atoms with van der Waals surface area (Å²) in [5.41, 5.74) is 1.19. The number of carbonyl (C=O) groups is 3. The lowest BCUT2D eigenvalue weighted by atomic mass is 9.79. The Bertz CT molecular complexity index is 1150. The Kier molecular flexibility index (Phi) is 10.3. The largest absolute Gasteiger partial charge is 0.511 e. The number of hydrogen-bond donors (Lipinski definition) is 1. The van der Waals surface area contributed by atoms with Crippen molar-refractivity contribution in [3.05, 3.63) is 46.2 Å². The molecule has 1 aromatic rings. The number of nitrogens with zero attached hydrogens (tertiary/aromatic N) is 2. The number of rotatable bonds is 9. The van der Waals surface area contributed by atoms with E-state index >= 15 is 0 Å². The molecule has 1 unspecified atom stereocenters. The summed E-state index contributed by atoms with van der Waals surface area (Å²) in [5, 5.41) is 10.4. The molecule has 5 rings (SSSR count). The molecule has 1 saturated carbocycles. The van der Waals surface area contributed by atoms with E-state index in [1.807, 2.05) is 6.92 Å². The van der Waals surface area contributed by atoms with Gasteiger partial charge in [-0.15, -0.1) is 24.2 Å². The number of β-lactam (4-membered cyclic amide) rings is 1. The van der Waals surface area contributed by atoms with Crippen LogP contribution in [0.25, 0.3) is 0 Å². The number of ether oxygens (including phenoxy) is 3. The smallest absolute Gasteiger partial charge is 0.431 e. The molecule has 0 radical (unpaired) electrons. The molecule has 41 heavy (non-hydrogen) atoms. The van der Waals surface area contributed by atoms with Crippen molar-refractivity contribution in [1.82, 2.24) is 9.80 Å². The van der Waals surface area contributed by atoms with E-state index in [1.54, 1.807) is 30.8 Å². The zero-order valence-corrected chi connectivity index (χ0v) is 25.1. The molecule has 1 aromatic carbocycles. The number of thioether (sulfide) groups is 1. The van der Waals surface area contributed by atoms with Crippen LogP contribution in [0.4, 0.5) is 9.18 Å². The van der Waals surface area contributed by atoms with Crippen molar-refractivity contribution in [2.45, 2.75) is 89.2 Å². The van der Waals surface area contributed by atoms with Crippen LogP contribution in [0.2, 0.25) is 0 Å². The van der Waals surface area contributed by atoms with Crippen LogP contribution in [0.1, 0.15) is 58.4 Å². The van der Waals surface area contributed by atoms with Crippen molar-refractivity contribution in [2.24, 2.45) is 11.8 Å². The Balaban J connectivity index is 0.00000387. The highest BCUT2D eigenvalue weighted by Gasteiger charge is 2.60. The second-order valence-corrected chi connectivity index (χ2v) is 12.6. The maximum Gasteiger partial charge on any atom is 0.511 e. The fraction of sp³-hybridized carbons (Fsp3) is 0.621. The number of likely N-dealkylation sites (tertiary alicyclic amines) is 1. The van der Waals surface area contributed by atoms with Gasteiger partial charge in [-0.3, -0.25) is 9.69 Å². The molecule has 9 nitrogen and oxygen atoms in total. The van der Waals surface area contributed by atoms with Crippen LogP contribution in [-0.2, 0) is 30.3 Å². The highest BCUT2D eigenvalue weighted by molar-refractivity contribution is 8.03. The van der Waals surface area contributed by atoms with Crippen LogP contribution < -0.4 is 0 Å². The van der Waals surface area contributed by atoms with E-state index < -0.39 is 30.4 Å². The maximum absolute atomic E-state index is 13.4. The van der Waals surface area contributed by atoms with E-state index in [0.29, 0.717) is 6.54 Å². The van der Waals surface area contributed by atoms with E-state index in [2.05, 4.69) is 4.90 Å². The number of aliphatic hydroxyl groups is 1. The summed E-state index contributed by atoms with van der Waals surface area (Å²) in [7, 11) is 0. The number of carbonyl (C=O) groups excluding carboxylic acids is 3. The number of amides is 1. The summed E-state index contributed by atoms with van der Waals surface area (Å²) in [6.07, 6.45) is 1.60. The van der Waals surface area contributed by atoms with E-state index in [4.69, 9.17) is 14.2 Å². The van der Waals surface area contributed by atoms with E-state index in [-0.39, 0.29) is 53.1 Å². The topological polar surface area (TPSA) is 106 Å². The molecule has 4 aliphatic rings. The minimum absolute atomic E-state index is 0. The molecular weight excluding hydrogens is 575 g/mol. The van der Waals surface area contributed by atoms with Crippen LogP contribution in [0.5, 0.6) is 0 Å². The highest BCUT2D eigenvalue weighted by Crippen LogP contribution is 2.52. The van der Waals surface area contributed by atoms with Gasteiger partial charge in [-0.25, -0.2) is 14.0 Å². The van der Waals surface area contributed by atoms with Gasteiger partial charge in [0.2, 0.25) is 12.2 Å². The summed E-state index contributed by atoms with van der Waals surface area (Å²) in [5.74, 6) is -2.08. The first kappa shape index (κ1) is 31.6. The number of esters is 1. The number of hydrogen-bond acceptors (Lipinski definition) is 9. The molecule has 2 saturated heterocycles. The lowest BCUT2D eigenvalue weighted by Gasteiger charge is -2.46. The second-order valence-electron chi connectivity index (χ2n) is 11.2. The number of fused-ring (bicyclic) bond motifs is 1. The van der Waals surface area contributed by atoms with Gasteiger partial charge in [0.15, 0.2) is 0 Å². The van der Waals surface area contributed by atoms with Crippen molar-refractivity contribution in [2.75, 3.05) is 13.1 Å². The van der Waals surface area contributed by atoms with Gasteiger partial charge in [0.05, 0.1) is 18.1 Å². The molecule has 0 bridgehead atoms. The molecule has 5 atom stereocenters. The van der Waals surface area contributed by atoms with E-state index in [9.17, 15) is 23.9 Å². The van der Waals surface area contributed by atoms with Crippen molar-refractivity contribution >= 4 is 42.2 Å². The van der Waals surface area contributed by atoms with Crippen molar-refractivity contribution in [3.63, 3.8) is 0 Å². The molecule has 1 N–H and O–H groups in total. The van der Waals surface area contributed by atoms with E-state index in [1.165, 1.54) is 24.0 Å². The molecular formula is C29H38ClFN2O7S. The van der Waals surface area contributed by atoms with Crippen molar-refractivity contribution in [1.29, 1.82) is 0 Å². The number of benzene rings is 1. The molecule has 12 heteroatoms. The fourth-order valence-corrected chi connectivity index (χ4v) is 7.71. The van der Waals surface area contributed by atoms with Gasteiger partial charge in [0, 0.05) is 42.6 Å². The summed E-state index contributed by atoms with van der Waals surface area (Å²) in [4.78, 5) is 43.0. The third-order valence-electron chi connectivity index (χ3n) is 8.19. The molecule has 0 aromatic heterocycles. The van der Waals surface area contributed by atoms with Crippen LogP contribution in [0.3, 0.4) is 0 Å². The molecule has 1 amide bonds. The minimum Gasteiger partial charge on any atom is -0.431 e. The lowest BCUT2D eigenvalue weighted by Crippen LogP contribution is -2.63. The quantitative estimate of drug-likeness (QED) is 0.243. The van der Waals surface area contributed by atoms with Gasteiger partial charge in [-0.2, -0.15) is 0 Å². The normalized spacial score (nSPS) is 26.3. The standard InChI is InChI=1S/C29H37FN2O7S.ClH/c1-16-24-23(17(2)33)27(34)32(24)25(28(35)37-18(3)38-29(36)39-21-7-5-4-6-8-21)26(16)40-22-14-31(15-22)13-19-9-11-20(30)12-10-19;/h9-12,16-18,21-24,33H,4-8,13-15H2,1-3H3;1H/t16-,17-,18?,23-,24-;/m1./s1. The van der Waals surface area contributed by atoms with Gasteiger partial charge in [0.1, 0.15) is 17.6 Å². The van der Waals surface area contributed by atoms with Gasteiger partial charge in [-0.1, -0.05) is 25.5 Å². The zero-order chi connectivity index (χ0) is 28.6. The summed E-state index contributed by atoms with van der Waals surface area (Å²) in [6.45, 7) is 7.22. The van der Waals surface area contributed by atoms with Crippen LogP contribution >= 0.6 is 24.2 Å². The average Bonchev–Trinajstić information content (AvgIpc) is 3.12. The molecule has 3 aliphatic heterocycles. The average molecular weight is 613 g/mol. The Hall–Kier alpha value is -2.34. The molecule has 3 heterocycles. The first-order valence-corrected chi connectivity index (χ1v) is 15.0. The molecule has 1 aliphatic carbocycles. The van der Waals surface area contributed by atoms with E-state index in [0.717, 1.165) is 55.7 Å². The third kappa shape index (κ3) is 6.84. The molecule has 3 fully saturated rings. The summed E-state index contributed by atoms with van der Waals surface area (Å²) in [6, 6.07) is 6.11. The summed E-state index contributed by atoms with van der Waals surface area (Å²) < 4.78 is 29.3. The Morgan fingerprint density at radius 3 is 2.39 bits per heavy atom. The maximum atomic E-state index is 13.4. The molecule has 0 spiro atoms. The Morgan fingerprint density at radius 2 is 1.76 bits per heavy atom. The van der Waals surface area contributed by atoms with Gasteiger partial charge in [-0.05, 0) is 50.3 Å². The number of aliphatic hydroxyl groups excluding tert-OH is 1.